The molecule has 112 valence electrons. The molecular formula is C14H19N5O2. The molecule has 1 unspecified atom stereocenters. The van der Waals surface area contributed by atoms with E-state index in [9.17, 15) is 4.79 Å². The molecule has 1 atom stereocenters. The first-order valence-corrected chi connectivity index (χ1v) is 6.81. The summed E-state index contributed by atoms with van der Waals surface area (Å²) in [5, 5.41) is 6.94. The van der Waals surface area contributed by atoms with E-state index in [2.05, 4.69) is 20.4 Å². The molecule has 7 nitrogen and oxygen atoms in total. The first-order valence-electron chi connectivity index (χ1n) is 6.81. The van der Waals surface area contributed by atoms with Crippen molar-refractivity contribution in [2.75, 3.05) is 13.7 Å². The summed E-state index contributed by atoms with van der Waals surface area (Å²) in [5.41, 5.74) is 0.795. The molecule has 2 aromatic heterocycles. The van der Waals surface area contributed by atoms with Crippen molar-refractivity contribution in [3.05, 3.63) is 42.7 Å². The third-order valence-electron chi connectivity index (χ3n) is 2.97. The Bertz CT molecular complexity index is 530. The standard InChI is InChI=1S/C14H19N5O2/c1-21-9-13(12-5-2-3-7-16-12)18-14(20)6-4-8-19-11-15-10-17-19/h2-3,5,7,10-11,13H,4,6,8-9H2,1H3,(H,18,20). The summed E-state index contributed by atoms with van der Waals surface area (Å²) in [4.78, 5) is 20.1. The van der Waals surface area contributed by atoms with Gasteiger partial charge in [0.1, 0.15) is 12.7 Å². The molecule has 0 aliphatic rings. The first-order chi connectivity index (χ1) is 10.3. The van der Waals surface area contributed by atoms with Crippen LogP contribution < -0.4 is 5.32 Å². The van der Waals surface area contributed by atoms with Crippen LogP contribution in [-0.4, -0.2) is 39.4 Å². The maximum Gasteiger partial charge on any atom is 0.220 e. The van der Waals surface area contributed by atoms with E-state index in [0.717, 1.165) is 5.69 Å². The van der Waals surface area contributed by atoms with Gasteiger partial charge in [-0.1, -0.05) is 6.07 Å². The highest BCUT2D eigenvalue weighted by Crippen LogP contribution is 2.10. The minimum atomic E-state index is -0.227. The van der Waals surface area contributed by atoms with E-state index in [-0.39, 0.29) is 11.9 Å². The van der Waals surface area contributed by atoms with Gasteiger partial charge in [-0.25, -0.2) is 4.98 Å². The number of ether oxygens (including phenoxy) is 1. The minimum absolute atomic E-state index is 0.0252. The summed E-state index contributed by atoms with van der Waals surface area (Å²) >= 11 is 0. The molecular weight excluding hydrogens is 270 g/mol. The number of nitrogens with zero attached hydrogens (tertiary/aromatic N) is 4. The van der Waals surface area contributed by atoms with Crippen molar-refractivity contribution in [2.45, 2.75) is 25.4 Å². The van der Waals surface area contributed by atoms with Gasteiger partial charge in [0.05, 0.1) is 18.3 Å². The van der Waals surface area contributed by atoms with E-state index in [1.165, 1.54) is 6.33 Å². The maximum atomic E-state index is 12.0. The van der Waals surface area contributed by atoms with Crippen molar-refractivity contribution in [2.24, 2.45) is 0 Å². The number of aryl methyl sites for hydroxylation is 1. The van der Waals surface area contributed by atoms with E-state index < -0.39 is 0 Å². The Morgan fingerprint density at radius 3 is 3.05 bits per heavy atom. The Hall–Kier alpha value is -2.28. The predicted molar refractivity (Wildman–Crippen MR) is 76.3 cm³/mol. The lowest BCUT2D eigenvalue weighted by molar-refractivity contribution is -0.122. The van der Waals surface area contributed by atoms with E-state index in [1.54, 1.807) is 24.3 Å². The number of rotatable bonds is 8. The second kappa shape index (κ2) is 8.11. The number of nitrogens with one attached hydrogen (secondary N) is 1. The van der Waals surface area contributed by atoms with Crippen molar-refractivity contribution >= 4 is 5.91 Å². The van der Waals surface area contributed by atoms with Gasteiger partial charge in [0.15, 0.2) is 0 Å². The average molecular weight is 289 g/mol. The molecule has 2 rings (SSSR count). The number of pyridine rings is 1. The Morgan fingerprint density at radius 2 is 2.38 bits per heavy atom. The minimum Gasteiger partial charge on any atom is -0.382 e. The second-order valence-electron chi connectivity index (χ2n) is 4.59. The summed E-state index contributed by atoms with van der Waals surface area (Å²) in [7, 11) is 1.60. The zero-order chi connectivity index (χ0) is 14.9. The van der Waals surface area contributed by atoms with Crippen molar-refractivity contribution in [3.8, 4) is 0 Å². The average Bonchev–Trinajstić information content (AvgIpc) is 3.01. The zero-order valence-electron chi connectivity index (χ0n) is 12.0. The lowest BCUT2D eigenvalue weighted by Gasteiger charge is -2.17. The van der Waals surface area contributed by atoms with Crippen LogP contribution in [0.5, 0.6) is 0 Å². The van der Waals surface area contributed by atoms with Gasteiger partial charge < -0.3 is 10.1 Å². The monoisotopic (exact) mass is 289 g/mol. The summed E-state index contributed by atoms with van der Waals surface area (Å²) < 4.78 is 6.85. The molecule has 0 radical (unpaired) electrons. The predicted octanol–water partition coefficient (Wildman–Crippen LogP) is 0.957. The molecule has 0 bridgehead atoms. The molecule has 1 N–H and O–H groups in total. The summed E-state index contributed by atoms with van der Waals surface area (Å²) in [6, 6.07) is 5.38. The number of carbonyl (C=O) groups excluding carboxylic acids is 1. The third kappa shape index (κ3) is 4.96. The Kier molecular flexibility index (Phi) is 5.83. The van der Waals surface area contributed by atoms with Crippen LogP contribution >= 0.6 is 0 Å². The quantitative estimate of drug-likeness (QED) is 0.782. The Morgan fingerprint density at radius 1 is 1.48 bits per heavy atom. The van der Waals surface area contributed by atoms with E-state index >= 15 is 0 Å². The molecule has 0 fully saturated rings. The van der Waals surface area contributed by atoms with Crippen LogP contribution in [0.15, 0.2) is 37.1 Å². The Balaban J connectivity index is 1.81. The van der Waals surface area contributed by atoms with Crippen molar-refractivity contribution in [3.63, 3.8) is 0 Å². The smallest absolute Gasteiger partial charge is 0.220 e. The van der Waals surface area contributed by atoms with Crippen LogP contribution in [0.1, 0.15) is 24.6 Å². The number of methoxy groups -OCH3 is 1. The number of amides is 1. The molecule has 21 heavy (non-hydrogen) atoms. The van der Waals surface area contributed by atoms with Gasteiger partial charge in [-0.15, -0.1) is 0 Å². The first kappa shape index (κ1) is 15.1. The van der Waals surface area contributed by atoms with Gasteiger partial charge in [-0.05, 0) is 18.6 Å². The Labute approximate surface area is 123 Å². The SMILES string of the molecule is COCC(NC(=O)CCCn1cncn1)c1ccccn1. The van der Waals surface area contributed by atoms with Crippen LogP contribution in [-0.2, 0) is 16.1 Å². The second-order valence-corrected chi connectivity index (χ2v) is 4.59. The molecule has 0 aromatic carbocycles. The molecule has 2 heterocycles. The van der Waals surface area contributed by atoms with Crippen molar-refractivity contribution < 1.29 is 9.53 Å². The van der Waals surface area contributed by atoms with Gasteiger partial charge in [-0.2, -0.15) is 5.10 Å². The number of hydrogen-bond acceptors (Lipinski definition) is 5. The molecule has 0 aliphatic heterocycles. The number of carbonyl (C=O) groups is 1. The molecule has 2 aromatic rings. The third-order valence-corrected chi connectivity index (χ3v) is 2.97. The van der Waals surface area contributed by atoms with Gasteiger partial charge >= 0.3 is 0 Å². The molecule has 0 saturated carbocycles. The fraction of sp³-hybridized carbons (Fsp3) is 0.429. The van der Waals surface area contributed by atoms with E-state index in [0.29, 0.717) is 26.0 Å². The highest BCUT2D eigenvalue weighted by molar-refractivity contribution is 5.76. The number of hydrogen-bond donors (Lipinski definition) is 1. The largest absolute Gasteiger partial charge is 0.382 e. The van der Waals surface area contributed by atoms with Crippen LogP contribution in [0.3, 0.4) is 0 Å². The van der Waals surface area contributed by atoms with Crippen molar-refractivity contribution in [1.29, 1.82) is 0 Å². The van der Waals surface area contributed by atoms with Crippen LogP contribution in [0.25, 0.3) is 0 Å². The van der Waals surface area contributed by atoms with Crippen molar-refractivity contribution in [1.82, 2.24) is 25.1 Å². The van der Waals surface area contributed by atoms with Gasteiger partial charge in [0.25, 0.3) is 0 Å². The topological polar surface area (TPSA) is 81.9 Å². The van der Waals surface area contributed by atoms with Gasteiger partial charge in [0.2, 0.25) is 5.91 Å². The van der Waals surface area contributed by atoms with Gasteiger partial charge in [0, 0.05) is 26.3 Å². The highest BCUT2D eigenvalue weighted by Gasteiger charge is 2.15. The molecule has 0 saturated heterocycles. The maximum absolute atomic E-state index is 12.0. The lowest BCUT2D eigenvalue weighted by Crippen LogP contribution is -2.31. The zero-order valence-corrected chi connectivity index (χ0v) is 12.0. The van der Waals surface area contributed by atoms with Crippen LogP contribution in [0.4, 0.5) is 0 Å². The number of aromatic nitrogens is 4. The summed E-state index contributed by atoms with van der Waals surface area (Å²) in [5.74, 6) is -0.0252. The van der Waals surface area contributed by atoms with Crippen LogP contribution in [0.2, 0.25) is 0 Å². The fourth-order valence-electron chi connectivity index (χ4n) is 1.97. The highest BCUT2D eigenvalue weighted by atomic mass is 16.5. The van der Waals surface area contributed by atoms with Gasteiger partial charge in [-0.3, -0.25) is 14.5 Å². The summed E-state index contributed by atoms with van der Waals surface area (Å²) in [6.45, 7) is 1.07. The molecule has 0 spiro atoms. The van der Waals surface area contributed by atoms with E-state index in [4.69, 9.17) is 4.74 Å². The molecule has 0 aliphatic carbocycles. The van der Waals surface area contributed by atoms with Crippen LogP contribution in [0, 0.1) is 0 Å². The fourth-order valence-corrected chi connectivity index (χ4v) is 1.97. The normalized spacial score (nSPS) is 12.0. The molecule has 1 amide bonds. The molecule has 7 heteroatoms. The van der Waals surface area contributed by atoms with E-state index in [1.807, 2.05) is 18.2 Å². The summed E-state index contributed by atoms with van der Waals surface area (Å²) in [6.07, 6.45) is 5.95. The lowest BCUT2D eigenvalue weighted by atomic mass is 10.2.